The van der Waals surface area contributed by atoms with Crippen molar-refractivity contribution in [1.29, 1.82) is 0 Å². The maximum absolute atomic E-state index is 14.3. The smallest absolute Gasteiger partial charge is 0.374 e. The van der Waals surface area contributed by atoms with E-state index in [1.807, 2.05) is 0 Å². The molecule has 0 aliphatic heterocycles. The van der Waals surface area contributed by atoms with Crippen LogP contribution >= 0.6 is 0 Å². The summed E-state index contributed by atoms with van der Waals surface area (Å²) < 4.78 is 67.6. The van der Waals surface area contributed by atoms with Crippen LogP contribution in [0.3, 0.4) is 0 Å². The van der Waals surface area contributed by atoms with E-state index in [1.165, 1.54) is 19.1 Å². The van der Waals surface area contributed by atoms with E-state index < -0.39 is 39.4 Å². The topological polar surface area (TPSA) is 63.4 Å². The highest BCUT2D eigenvalue weighted by Gasteiger charge is 2.71. The third-order valence-electron chi connectivity index (χ3n) is 3.72. The first-order chi connectivity index (χ1) is 11.4. The molecule has 0 radical (unpaired) electrons. The average Bonchev–Trinajstić information content (AvgIpc) is 2.53. The molecule has 1 N–H and O–H groups in total. The SMILES string of the molecule is Cc1cccc(C(O)(c2cccc([N+](=O)[O-])c2)C(F)(F)C(F)(F)F)c1. The molecule has 25 heavy (non-hydrogen) atoms. The first-order valence-corrected chi connectivity index (χ1v) is 6.90. The third kappa shape index (κ3) is 3.07. The lowest BCUT2D eigenvalue weighted by Gasteiger charge is -2.37. The Hall–Kier alpha value is -2.55. The summed E-state index contributed by atoms with van der Waals surface area (Å²) in [5.74, 6) is -5.59. The molecular weight excluding hydrogens is 349 g/mol. The molecule has 2 rings (SSSR count). The fourth-order valence-corrected chi connectivity index (χ4v) is 2.45. The molecule has 0 aliphatic rings. The predicted octanol–water partition coefficient (Wildman–Crippen LogP) is 4.34. The highest BCUT2D eigenvalue weighted by atomic mass is 19.4. The first-order valence-electron chi connectivity index (χ1n) is 6.90. The van der Waals surface area contributed by atoms with Gasteiger partial charge < -0.3 is 5.11 Å². The molecule has 0 heterocycles. The summed E-state index contributed by atoms with van der Waals surface area (Å²) >= 11 is 0. The maximum Gasteiger partial charge on any atom is 0.457 e. The Morgan fingerprint density at radius 3 is 1.96 bits per heavy atom. The molecule has 2 aromatic carbocycles. The van der Waals surface area contributed by atoms with Crippen molar-refractivity contribution in [3.63, 3.8) is 0 Å². The summed E-state index contributed by atoms with van der Waals surface area (Å²) in [5, 5.41) is 21.4. The Balaban J connectivity index is 2.82. The number of hydrogen-bond donors (Lipinski definition) is 1. The molecule has 2 aromatic rings. The van der Waals surface area contributed by atoms with E-state index >= 15 is 0 Å². The number of nitro groups is 1. The van der Waals surface area contributed by atoms with Crippen LogP contribution in [0, 0.1) is 17.0 Å². The van der Waals surface area contributed by atoms with E-state index in [4.69, 9.17) is 0 Å². The minimum absolute atomic E-state index is 0.333. The molecule has 1 atom stereocenters. The molecule has 0 aliphatic carbocycles. The second-order valence-electron chi connectivity index (χ2n) is 5.46. The number of hydrogen-bond acceptors (Lipinski definition) is 3. The van der Waals surface area contributed by atoms with E-state index in [-0.39, 0.29) is 0 Å². The summed E-state index contributed by atoms with van der Waals surface area (Å²) in [6, 6.07) is 7.68. The van der Waals surface area contributed by atoms with Crippen molar-refractivity contribution in [3.05, 3.63) is 75.3 Å². The monoisotopic (exact) mass is 361 g/mol. The van der Waals surface area contributed by atoms with Gasteiger partial charge in [0.05, 0.1) is 4.92 Å². The Bertz CT molecular complexity index is 806. The zero-order valence-corrected chi connectivity index (χ0v) is 12.7. The van der Waals surface area contributed by atoms with Gasteiger partial charge in [0, 0.05) is 17.7 Å². The molecule has 0 amide bonds. The number of non-ortho nitro benzene ring substituents is 1. The summed E-state index contributed by atoms with van der Waals surface area (Å²) in [6.45, 7) is 1.45. The van der Waals surface area contributed by atoms with E-state index in [2.05, 4.69) is 0 Å². The summed E-state index contributed by atoms with van der Waals surface area (Å²) in [5.41, 5.74) is -5.88. The van der Waals surface area contributed by atoms with Crippen LogP contribution in [0.1, 0.15) is 16.7 Å². The fraction of sp³-hybridized carbons (Fsp3) is 0.250. The molecule has 9 heteroatoms. The van der Waals surface area contributed by atoms with Gasteiger partial charge in [-0.15, -0.1) is 0 Å². The van der Waals surface area contributed by atoms with Crippen molar-refractivity contribution in [3.8, 4) is 0 Å². The molecule has 0 saturated heterocycles. The van der Waals surface area contributed by atoms with Crippen molar-refractivity contribution in [2.75, 3.05) is 0 Å². The molecule has 0 saturated carbocycles. The van der Waals surface area contributed by atoms with Crippen molar-refractivity contribution in [2.24, 2.45) is 0 Å². The Morgan fingerprint density at radius 1 is 0.960 bits per heavy atom. The quantitative estimate of drug-likeness (QED) is 0.501. The van der Waals surface area contributed by atoms with Gasteiger partial charge in [-0.1, -0.05) is 42.0 Å². The lowest BCUT2D eigenvalue weighted by atomic mass is 9.80. The number of alkyl halides is 5. The normalized spacial score (nSPS) is 14.8. The molecule has 134 valence electrons. The van der Waals surface area contributed by atoms with Crippen molar-refractivity contribution >= 4 is 5.69 Å². The van der Waals surface area contributed by atoms with Crippen LogP contribution < -0.4 is 0 Å². The Labute approximate surface area is 138 Å². The van der Waals surface area contributed by atoms with Crippen LogP contribution in [0.4, 0.5) is 27.6 Å². The van der Waals surface area contributed by atoms with E-state index in [0.717, 1.165) is 30.3 Å². The maximum atomic E-state index is 14.3. The van der Waals surface area contributed by atoms with Crippen molar-refractivity contribution < 1.29 is 32.0 Å². The fourth-order valence-electron chi connectivity index (χ4n) is 2.45. The second-order valence-corrected chi connectivity index (χ2v) is 5.46. The summed E-state index contributed by atoms with van der Waals surface area (Å²) in [6.07, 6.45) is -6.09. The van der Waals surface area contributed by atoms with Crippen LogP contribution in [0.25, 0.3) is 0 Å². The minimum Gasteiger partial charge on any atom is -0.374 e. The van der Waals surface area contributed by atoms with Gasteiger partial charge in [0.1, 0.15) is 0 Å². The molecule has 0 bridgehead atoms. The number of halogens is 5. The van der Waals surface area contributed by atoms with Gasteiger partial charge >= 0.3 is 12.1 Å². The van der Waals surface area contributed by atoms with Gasteiger partial charge in [-0.05, 0) is 12.5 Å². The van der Waals surface area contributed by atoms with Crippen LogP contribution in [-0.2, 0) is 5.60 Å². The predicted molar refractivity (Wildman–Crippen MR) is 78.3 cm³/mol. The van der Waals surface area contributed by atoms with Crippen LogP contribution in [0.5, 0.6) is 0 Å². The van der Waals surface area contributed by atoms with E-state index in [0.29, 0.717) is 11.6 Å². The zero-order valence-electron chi connectivity index (χ0n) is 12.7. The molecule has 0 spiro atoms. The molecular formula is C16H12F5NO3. The average molecular weight is 361 g/mol. The second kappa shape index (κ2) is 6.07. The van der Waals surface area contributed by atoms with Gasteiger partial charge in [-0.2, -0.15) is 22.0 Å². The Kier molecular flexibility index (Phi) is 4.56. The van der Waals surface area contributed by atoms with Crippen LogP contribution in [-0.4, -0.2) is 22.1 Å². The number of nitrogens with zero attached hydrogens (tertiary/aromatic N) is 1. The molecule has 4 nitrogen and oxygen atoms in total. The standard InChI is InChI=1S/C16H12F5NO3/c1-10-4-2-5-11(8-10)14(23,15(17,18)16(19,20)21)12-6-3-7-13(9-12)22(24)25/h2-9,23H,1H3. The lowest BCUT2D eigenvalue weighted by molar-refractivity contribution is -0.385. The van der Waals surface area contributed by atoms with Crippen LogP contribution in [0.15, 0.2) is 48.5 Å². The first kappa shape index (κ1) is 18.8. The van der Waals surface area contributed by atoms with Gasteiger partial charge in [-0.3, -0.25) is 10.1 Å². The van der Waals surface area contributed by atoms with Gasteiger partial charge in [0.25, 0.3) is 5.69 Å². The van der Waals surface area contributed by atoms with Crippen molar-refractivity contribution in [1.82, 2.24) is 0 Å². The van der Waals surface area contributed by atoms with Gasteiger partial charge in [-0.25, -0.2) is 0 Å². The number of nitro benzene ring substituents is 1. The summed E-state index contributed by atoms with van der Waals surface area (Å²) in [4.78, 5) is 9.88. The van der Waals surface area contributed by atoms with Crippen LogP contribution in [0.2, 0.25) is 0 Å². The highest BCUT2D eigenvalue weighted by Crippen LogP contribution is 2.52. The number of rotatable bonds is 4. The summed E-state index contributed by atoms with van der Waals surface area (Å²) in [7, 11) is 0. The highest BCUT2D eigenvalue weighted by molar-refractivity contribution is 5.45. The van der Waals surface area contributed by atoms with E-state index in [1.54, 1.807) is 0 Å². The van der Waals surface area contributed by atoms with Crippen molar-refractivity contribution in [2.45, 2.75) is 24.6 Å². The lowest BCUT2D eigenvalue weighted by Crippen LogP contribution is -2.55. The minimum atomic E-state index is -6.09. The number of aryl methyl sites for hydroxylation is 1. The molecule has 1 unspecified atom stereocenters. The number of aliphatic hydroxyl groups is 1. The van der Waals surface area contributed by atoms with Gasteiger partial charge in [0.2, 0.25) is 0 Å². The van der Waals surface area contributed by atoms with Gasteiger partial charge in [0.15, 0.2) is 5.60 Å². The molecule has 0 aromatic heterocycles. The van der Waals surface area contributed by atoms with E-state index in [9.17, 15) is 37.2 Å². The zero-order chi connectivity index (χ0) is 19.0. The Morgan fingerprint density at radius 2 is 1.48 bits per heavy atom. The number of benzene rings is 2. The molecule has 0 fully saturated rings. The largest absolute Gasteiger partial charge is 0.457 e. The third-order valence-corrected chi connectivity index (χ3v) is 3.72.